The standard InChI is InChI=1S/C16H14ClF3N2O/c1-10(21-12-5-3-2-4-6-12)15(23)22-14-9-11(16(18,19)20)7-8-13(14)17/h2-10,21H,1H3,(H,22,23)/t10-/m1/s1. The van der Waals surface area contributed by atoms with E-state index in [4.69, 9.17) is 11.6 Å². The van der Waals surface area contributed by atoms with Crippen LogP contribution < -0.4 is 10.6 Å². The van der Waals surface area contributed by atoms with Crippen LogP contribution in [0.2, 0.25) is 5.02 Å². The molecule has 0 fully saturated rings. The maximum Gasteiger partial charge on any atom is 0.416 e. The Hall–Kier alpha value is -2.21. The number of rotatable bonds is 4. The largest absolute Gasteiger partial charge is 0.416 e. The fourth-order valence-electron chi connectivity index (χ4n) is 1.89. The Bertz CT molecular complexity index is 689. The molecule has 0 aromatic heterocycles. The lowest BCUT2D eigenvalue weighted by molar-refractivity contribution is -0.137. The number of hydrogen-bond donors (Lipinski definition) is 2. The van der Waals surface area contributed by atoms with E-state index >= 15 is 0 Å². The SMILES string of the molecule is C[C@@H](Nc1ccccc1)C(=O)Nc1cc(C(F)(F)F)ccc1Cl. The topological polar surface area (TPSA) is 41.1 Å². The predicted molar refractivity (Wildman–Crippen MR) is 84.6 cm³/mol. The van der Waals surface area contributed by atoms with Crippen LogP contribution in [0.15, 0.2) is 48.5 Å². The number of nitrogens with one attached hydrogen (secondary N) is 2. The molecule has 2 aromatic carbocycles. The van der Waals surface area contributed by atoms with Gasteiger partial charge in [-0.1, -0.05) is 29.8 Å². The van der Waals surface area contributed by atoms with E-state index in [-0.39, 0.29) is 10.7 Å². The highest BCUT2D eigenvalue weighted by molar-refractivity contribution is 6.33. The van der Waals surface area contributed by atoms with Gasteiger partial charge < -0.3 is 10.6 Å². The summed E-state index contributed by atoms with van der Waals surface area (Å²) in [4.78, 5) is 12.1. The van der Waals surface area contributed by atoms with Crippen molar-refractivity contribution in [1.29, 1.82) is 0 Å². The molecule has 0 unspecified atom stereocenters. The van der Waals surface area contributed by atoms with Crippen molar-refractivity contribution in [2.24, 2.45) is 0 Å². The van der Waals surface area contributed by atoms with E-state index in [0.717, 1.165) is 23.9 Å². The molecule has 1 atom stereocenters. The zero-order valence-corrected chi connectivity index (χ0v) is 12.9. The zero-order chi connectivity index (χ0) is 17.0. The van der Waals surface area contributed by atoms with Gasteiger partial charge in [-0.25, -0.2) is 0 Å². The molecule has 3 nitrogen and oxygen atoms in total. The van der Waals surface area contributed by atoms with Crippen molar-refractivity contribution in [2.45, 2.75) is 19.1 Å². The third-order valence-electron chi connectivity index (χ3n) is 3.10. The van der Waals surface area contributed by atoms with Gasteiger partial charge in [0.1, 0.15) is 6.04 Å². The van der Waals surface area contributed by atoms with E-state index in [1.807, 2.05) is 6.07 Å². The zero-order valence-electron chi connectivity index (χ0n) is 12.1. The van der Waals surface area contributed by atoms with Crippen molar-refractivity contribution in [3.05, 3.63) is 59.1 Å². The van der Waals surface area contributed by atoms with E-state index in [2.05, 4.69) is 10.6 Å². The fraction of sp³-hybridized carbons (Fsp3) is 0.188. The Morgan fingerprint density at radius 2 is 1.78 bits per heavy atom. The molecule has 0 heterocycles. The average molecular weight is 343 g/mol. The normalized spacial score (nSPS) is 12.6. The first-order chi connectivity index (χ1) is 10.8. The summed E-state index contributed by atoms with van der Waals surface area (Å²) in [5.74, 6) is -0.491. The third-order valence-corrected chi connectivity index (χ3v) is 3.43. The minimum Gasteiger partial charge on any atom is -0.374 e. The van der Waals surface area contributed by atoms with Crippen LogP contribution >= 0.6 is 11.6 Å². The van der Waals surface area contributed by atoms with Crippen LogP contribution in [0, 0.1) is 0 Å². The maximum absolute atomic E-state index is 12.7. The van der Waals surface area contributed by atoms with Crippen molar-refractivity contribution in [2.75, 3.05) is 10.6 Å². The molecule has 0 aliphatic heterocycles. The lowest BCUT2D eigenvalue weighted by Crippen LogP contribution is -2.32. The van der Waals surface area contributed by atoms with Gasteiger partial charge in [-0.3, -0.25) is 4.79 Å². The molecule has 0 aliphatic rings. The second kappa shape index (κ2) is 6.91. The molecule has 0 spiro atoms. The second-order valence-corrected chi connectivity index (χ2v) is 5.32. The highest BCUT2D eigenvalue weighted by atomic mass is 35.5. The number of benzene rings is 2. The average Bonchev–Trinajstić information content (AvgIpc) is 2.49. The molecule has 0 saturated carbocycles. The van der Waals surface area contributed by atoms with Crippen LogP contribution in [0.5, 0.6) is 0 Å². The summed E-state index contributed by atoms with van der Waals surface area (Å²) in [6.45, 7) is 1.60. The molecule has 2 N–H and O–H groups in total. The van der Waals surface area contributed by atoms with E-state index in [0.29, 0.717) is 0 Å². The van der Waals surface area contributed by atoms with Gasteiger partial charge in [0.25, 0.3) is 0 Å². The number of carbonyl (C=O) groups excluding carboxylic acids is 1. The Balaban J connectivity index is 2.10. The molecule has 2 aromatic rings. The van der Waals surface area contributed by atoms with E-state index in [9.17, 15) is 18.0 Å². The number of carbonyl (C=O) groups is 1. The molecule has 122 valence electrons. The summed E-state index contributed by atoms with van der Waals surface area (Å²) in [6.07, 6.45) is -4.50. The van der Waals surface area contributed by atoms with Gasteiger partial charge in [-0.15, -0.1) is 0 Å². The molecule has 23 heavy (non-hydrogen) atoms. The minimum atomic E-state index is -4.50. The van der Waals surface area contributed by atoms with Gasteiger partial charge >= 0.3 is 6.18 Å². The first kappa shape index (κ1) is 17.1. The monoisotopic (exact) mass is 342 g/mol. The molecular weight excluding hydrogens is 329 g/mol. The Labute approximate surface area is 136 Å². The summed E-state index contributed by atoms with van der Waals surface area (Å²) in [5.41, 5.74) is -0.223. The number of halogens is 4. The minimum absolute atomic E-state index is 0.0401. The molecule has 1 amide bonds. The maximum atomic E-state index is 12.7. The summed E-state index contributed by atoms with van der Waals surface area (Å²) >= 11 is 5.85. The smallest absolute Gasteiger partial charge is 0.374 e. The van der Waals surface area contributed by atoms with Gasteiger partial charge in [0.15, 0.2) is 0 Å². The van der Waals surface area contributed by atoms with Gasteiger partial charge in [-0.2, -0.15) is 13.2 Å². The molecule has 0 radical (unpaired) electrons. The van der Waals surface area contributed by atoms with Gasteiger partial charge in [0.2, 0.25) is 5.91 Å². The van der Waals surface area contributed by atoms with Gasteiger partial charge in [-0.05, 0) is 37.3 Å². The predicted octanol–water partition coefficient (Wildman–Crippen LogP) is 4.80. The summed E-state index contributed by atoms with van der Waals surface area (Å²) < 4.78 is 38.1. The quantitative estimate of drug-likeness (QED) is 0.838. The van der Waals surface area contributed by atoms with Crippen LogP contribution in [0.3, 0.4) is 0 Å². The Morgan fingerprint density at radius 1 is 1.13 bits per heavy atom. The van der Waals surface area contributed by atoms with Gasteiger partial charge in [0.05, 0.1) is 16.3 Å². The number of amides is 1. The van der Waals surface area contributed by atoms with Crippen LogP contribution in [0.1, 0.15) is 12.5 Å². The molecule has 0 aliphatic carbocycles. The third kappa shape index (κ3) is 4.63. The van der Waals surface area contributed by atoms with Crippen molar-refractivity contribution >= 4 is 28.9 Å². The number of para-hydroxylation sites is 1. The van der Waals surface area contributed by atoms with Crippen molar-refractivity contribution in [3.8, 4) is 0 Å². The lowest BCUT2D eigenvalue weighted by atomic mass is 10.2. The van der Waals surface area contributed by atoms with E-state index in [1.54, 1.807) is 31.2 Å². The Morgan fingerprint density at radius 3 is 2.39 bits per heavy atom. The van der Waals surface area contributed by atoms with Crippen LogP contribution in [-0.4, -0.2) is 11.9 Å². The van der Waals surface area contributed by atoms with E-state index in [1.165, 1.54) is 0 Å². The molecule has 7 heteroatoms. The van der Waals surface area contributed by atoms with Crippen molar-refractivity contribution in [3.63, 3.8) is 0 Å². The summed E-state index contributed by atoms with van der Waals surface area (Å²) in [7, 11) is 0. The van der Waals surface area contributed by atoms with Crippen LogP contribution in [-0.2, 0) is 11.0 Å². The molecular formula is C16H14ClF3N2O. The fourth-order valence-corrected chi connectivity index (χ4v) is 2.05. The number of alkyl halides is 3. The van der Waals surface area contributed by atoms with E-state index < -0.39 is 23.7 Å². The van der Waals surface area contributed by atoms with Crippen molar-refractivity contribution < 1.29 is 18.0 Å². The lowest BCUT2D eigenvalue weighted by Gasteiger charge is -2.17. The second-order valence-electron chi connectivity index (χ2n) is 4.91. The van der Waals surface area contributed by atoms with Crippen LogP contribution in [0.4, 0.5) is 24.5 Å². The van der Waals surface area contributed by atoms with Crippen molar-refractivity contribution in [1.82, 2.24) is 0 Å². The first-order valence-corrected chi connectivity index (χ1v) is 7.14. The Kier molecular flexibility index (Phi) is 5.15. The molecule has 2 rings (SSSR count). The summed E-state index contributed by atoms with van der Waals surface area (Å²) in [6, 6.07) is 11.1. The number of hydrogen-bond acceptors (Lipinski definition) is 2. The molecule has 0 saturated heterocycles. The first-order valence-electron chi connectivity index (χ1n) is 6.76. The highest BCUT2D eigenvalue weighted by Gasteiger charge is 2.31. The highest BCUT2D eigenvalue weighted by Crippen LogP contribution is 2.33. The summed E-state index contributed by atoms with van der Waals surface area (Å²) in [5, 5.41) is 5.40. The van der Waals surface area contributed by atoms with Crippen LogP contribution in [0.25, 0.3) is 0 Å². The van der Waals surface area contributed by atoms with Gasteiger partial charge in [0, 0.05) is 5.69 Å². The molecule has 0 bridgehead atoms. The number of anilines is 2.